The lowest BCUT2D eigenvalue weighted by Gasteiger charge is -2.13. The zero-order chi connectivity index (χ0) is 18.4. The maximum absolute atomic E-state index is 14.1. The van der Waals surface area contributed by atoms with Crippen molar-refractivity contribution in [1.82, 2.24) is 0 Å². The van der Waals surface area contributed by atoms with Crippen LogP contribution in [0.2, 0.25) is 0 Å². The lowest BCUT2D eigenvalue weighted by Crippen LogP contribution is -2.02. The summed E-state index contributed by atoms with van der Waals surface area (Å²) in [7, 11) is 0. The van der Waals surface area contributed by atoms with Gasteiger partial charge in [-0.2, -0.15) is 5.26 Å². The Hall–Kier alpha value is -2.41. The molecule has 0 atom stereocenters. The molecule has 0 fully saturated rings. The summed E-state index contributed by atoms with van der Waals surface area (Å²) in [5.74, 6) is -0.218. The van der Waals surface area contributed by atoms with Crippen LogP contribution in [0.3, 0.4) is 0 Å². The van der Waals surface area contributed by atoms with Gasteiger partial charge in [0.2, 0.25) is 0 Å². The van der Waals surface area contributed by atoms with Crippen LogP contribution in [0.4, 0.5) is 20.2 Å². The van der Waals surface area contributed by atoms with Crippen LogP contribution in [0.15, 0.2) is 30.3 Å². The van der Waals surface area contributed by atoms with Crippen LogP contribution in [0.1, 0.15) is 49.8 Å². The minimum absolute atomic E-state index is 0.235. The number of nitrogens with zero attached hydrogens (tertiary/aromatic N) is 1. The second-order valence-corrected chi connectivity index (χ2v) is 6.85. The van der Waals surface area contributed by atoms with Crippen LogP contribution in [-0.4, -0.2) is 0 Å². The summed E-state index contributed by atoms with van der Waals surface area (Å²) < 4.78 is 28.1. The van der Waals surface area contributed by atoms with Crippen molar-refractivity contribution >= 4 is 11.4 Å². The van der Waals surface area contributed by atoms with E-state index in [-0.39, 0.29) is 5.69 Å². The van der Waals surface area contributed by atoms with Gasteiger partial charge in [0.15, 0.2) is 0 Å². The monoisotopic (exact) mass is 342 g/mol. The molecule has 0 spiro atoms. The molecule has 0 aliphatic carbocycles. The first-order valence-corrected chi connectivity index (χ1v) is 8.66. The Bertz CT molecular complexity index is 776. The fourth-order valence-electron chi connectivity index (χ4n) is 2.83. The van der Waals surface area contributed by atoms with E-state index in [0.29, 0.717) is 29.2 Å². The molecule has 0 radical (unpaired) electrons. The largest absolute Gasteiger partial charge is 0.352 e. The van der Waals surface area contributed by atoms with Crippen LogP contribution in [0.25, 0.3) is 0 Å². The summed E-state index contributed by atoms with van der Waals surface area (Å²) in [6.07, 6.45) is 3.68. The molecule has 2 aromatic rings. The van der Waals surface area contributed by atoms with E-state index in [0.717, 1.165) is 24.8 Å². The number of unbranched alkanes of at least 4 members (excludes halogenated alkanes) is 1. The Morgan fingerprint density at radius 3 is 2.48 bits per heavy atom. The first kappa shape index (κ1) is 18.9. The number of nitrogens with one attached hydrogen (secondary N) is 1. The van der Waals surface area contributed by atoms with Gasteiger partial charge in [0.05, 0.1) is 16.9 Å². The Labute approximate surface area is 148 Å². The molecule has 0 heterocycles. The van der Waals surface area contributed by atoms with Gasteiger partial charge in [0, 0.05) is 0 Å². The highest BCUT2D eigenvalue weighted by Gasteiger charge is 2.13. The molecule has 2 rings (SSSR count). The Balaban J connectivity index is 2.24. The molecular formula is C21H24F2N2. The Morgan fingerprint density at radius 2 is 1.84 bits per heavy atom. The molecular weight excluding hydrogens is 318 g/mol. The second-order valence-electron chi connectivity index (χ2n) is 6.85. The summed E-state index contributed by atoms with van der Waals surface area (Å²) in [5.41, 5.74) is 2.39. The normalized spacial score (nSPS) is 10.8. The number of aryl methyl sites for hydroxylation is 2. The molecule has 4 heteroatoms. The predicted octanol–water partition coefficient (Wildman–Crippen LogP) is 6.26. The van der Waals surface area contributed by atoms with E-state index in [1.165, 1.54) is 18.2 Å². The molecule has 0 amide bonds. The molecule has 1 N–H and O–H groups in total. The number of hydrogen-bond donors (Lipinski definition) is 1. The first-order valence-electron chi connectivity index (χ1n) is 8.66. The van der Waals surface area contributed by atoms with Gasteiger partial charge in [0.1, 0.15) is 17.7 Å². The minimum atomic E-state index is -0.424. The SMILES string of the molecule is Cc1ccc(Nc2cc(F)cc(CCCCC(C)C)c2C#N)c(F)c1. The lowest BCUT2D eigenvalue weighted by atomic mass is 9.98. The lowest BCUT2D eigenvalue weighted by molar-refractivity contribution is 0.537. The zero-order valence-corrected chi connectivity index (χ0v) is 15.0. The molecule has 0 aliphatic heterocycles. The number of anilines is 2. The highest BCUT2D eigenvalue weighted by molar-refractivity contribution is 5.69. The van der Waals surface area contributed by atoms with Gasteiger partial charge >= 0.3 is 0 Å². The van der Waals surface area contributed by atoms with Crippen molar-refractivity contribution in [2.75, 3.05) is 5.32 Å². The highest BCUT2D eigenvalue weighted by Crippen LogP contribution is 2.28. The molecule has 0 saturated heterocycles. The van der Waals surface area contributed by atoms with Crippen molar-refractivity contribution in [3.8, 4) is 6.07 Å². The zero-order valence-electron chi connectivity index (χ0n) is 15.0. The van der Waals surface area contributed by atoms with Crippen LogP contribution in [0.5, 0.6) is 0 Å². The van der Waals surface area contributed by atoms with Crippen molar-refractivity contribution in [3.05, 3.63) is 58.7 Å². The van der Waals surface area contributed by atoms with E-state index in [4.69, 9.17) is 0 Å². The van der Waals surface area contributed by atoms with E-state index < -0.39 is 11.6 Å². The van der Waals surface area contributed by atoms with E-state index in [9.17, 15) is 14.0 Å². The number of halogens is 2. The van der Waals surface area contributed by atoms with Gasteiger partial charge in [-0.25, -0.2) is 8.78 Å². The molecule has 2 nitrogen and oxygen atoms in total. The molecule has 25 heavy (non-hydrogen) atoms. The average molecular weight is 342 g/mol. The van der Waals surface area contributed by atoms with Crippen LogP contribution in [0, 0.1) is 35.8 Å². The number of benzene rings is 2. The Morgan fingerprint density at radius 1 is 1.08 bits per heavy atom. The quantitative estimate of drug-likeness (QED) is 0.603. The average Bonchev–Trinajstić information content (AvgIpc) is 2.54. The number of nitriles is 1. The number of rotatable bonds is 7. The third-order valence-electron chi connectivity index (χ3n) is 4.17. The van der Waals surface area contributed by atoms with Gasteiger partial charge in [-0.05, 0) is 61.1 Å². The van der Waals surface area contributed by atoms with Crippen molar-refractivity contribution in [3.63, 3.8) is 0 Å². The van der Waals surface area contributed by atoms with Crippen LogP contribution in [-0.2, 0) is 6.42 Å². The van der Waals surface area contributed by atoms with Crippen molar-refractivity contribution < 1.29 is 8.78 Å². The molecule has 0 saturated carbocycles. The molecule has 0 unspecified atom stereocenters. The van der Waals surface area contributed by atoms with Crippen molar-refractivity contribution in [2.45, 2.75) is 46.5 Å². The van der Waals surface area contributed by atoms with Gasteiger partial charge in [-0.3, -0.25) is 0 Å². The maximum Gasteiger partial charge on any atom is 0.146 e. The summed E-state index contributed by atoms with van der Waals surface area (Å²) in [4.78, 5) is 0. The fourth-order valence-corrected chi connectivity index (χ4v) is 2.83. The summed E-state index contributed by atoms with van der Waals surface area (Å²) in [5, 5.41) is 12.4. The molecule has 2 aromatic carbocycles. The summed E-state index contributed by atoms with van der Waals surface area (Å²) >= 11 is 0. The van der Waals surface area contributed by atoms with Crippen LogP contribution < -0.4 is 5.32 Å². The first-order chi connectivity index (χ1) is 11.9. The van der Waals surface area contributed by atoms with Gasteiger partial charge in [-0.1, -0.05) is 32.8 Å². The van der Waals surface area contributed by atoms with E-state index >= 15 is 0 Å². The fraction of sp³-hybridized carbons (Fsp3) is 0.381. The minimum Gasteiger partial charge on any atom is -0.352 e. The summed E-state index contributed by atoms with van der Waals surface area (Å²) in [6.45, 7) is 6.13. The Kier molecular flexibility index (Phi) is 6.52. The second kappa shape index (κ2) is 8.62. The van der Waals surface area contributed by atoms with Gasteiger partial charge in [-0.15, -0.1) is 0 Å². The van der Waals surface area contributed by atoms with Crippen molar-refractivity contribution in [1.29, 1.82) is 5.26 Å². The molecule has 0 bridgehead atoms. The van der Waals surface area contributed by atoms with Crippen LogP contribution >= 0.6 is 0 Å². The van der Waals surface area contributed by atoms with Crippen molar-refractivity contribution in [2.24, 2.45) is 5.92 Å². The number of hydrogen-bond acceptors (Lipinski definition) is 2. The van der Waals surface area contributed by atoms with E-state index in [1.54, 1.807) is 19.1 Å². The smallest absolute Gasteiger partial charge is 0.146 e. The topological polar surface area (TPSA) is 35.8 Å². The third-order valence-corrected chi connectivity index (χ3v) is 4.17. The van der Waals surface area contributed by atoms with E-state index in [2.05, 4.69) is 25.2 Å². The standard InChI is InChI=1S/C21H24F2N2/c1-14(2)6-4-5-7-16-11-17(22)12-21(18(16)13-24)25-20-9-8-15(3)10-19(20)23/h8-12,14,25H,4-7H2,1-3H3. The molecule has 0 aromatic heterocycles. The van der Waals surface area contributed by atoms with E-state index in [1.807, 2.05) is 0 Å². The summed E-state index contributed by atoms with van der Waals surface area (Å²) in [6, 6.07) is 9.56. The molecule has 132 valence electrons. The van der Waals surface area contributed by atoms with Gasteiger partial charge < -0.3 is 5.32 Å². The molecule has 0 aliphatic rings. The highest BCUT2D eigenvalue weighted by atomic mass is 19.1. The predicted molar refractivity (Wildman–Crippen MR) is 97.9 cm³/mol. The van der Waals surface area contributed by atoms with Gasteiger partial charge in [0.25, 0.3) is 0 Å². The maximum atomic E-state index is 14.1. The third kappa shape index (κ3) is 5.29.